The van der Waals surface area contributed by atoms with E-state index in [0.29, 0.717) is 6.42 Å². The fraction of sp³-hybridized carbons (Fsp3) is 0.667. The largest absolute Gasteiger partial charge is 0.435 e. The third-order valence-corrected chi connectivity index (χ3v) is 2.67. The smallest absolute Gasteiger partial charge is 0.304 e. The molecule has 0 aromatic rings. The predicted molar refractivity (Wildman–Crippen MR) is 70.2 cm³/mol. The van der Waals surface area contributed by atoms with Crippen molar-refractivity contribution < 1.29 is 9.53 Å². The molecule has 94 valence electrons. The molecule has 0 aromatic carbocycles. The first-order valence-electron chi connectivity index (χ1n) is 6.25. The normalized spacial score (nSPS) is 10.4. The monoisotopic (exact) mass is 234 g/mol. The summed E-state index contributed by atoms with van der Waals surface area (Å²) in [5.74, 6) is 4.41. The van der Waals surface area contributed by atoms with Crippen molar-refractivity contribution in [1.29, 1.82) is 0 Å². The van der Waals surface area contributed by atoms with Crippen LogP contribution in [0.5, 0.6) is 0 Å². The van der Waals surface area contributed by atoms with Gasteiger partial charge in [-0.1, -0.05) is 39.0 Å². The summed E-state index contributed by atoms with van der Waals surface area (Å²) in [6.07, 6.45) is 18.1. The van der Waals surface area contributed by atoms with Crippen molar-refractivity contribution in [3.05, 3.63) is 0 Å². The number of ether oxygens (including phenoxy) is 1. The van der Waals surface area contributed by atoms with E-state index in [0.717, 1.165) is 12.8 Å². The minimum Gasteiger partial charge on any atom is -0.435 e. The van der Waals surface area contributed by atoms with Crippen molar-refractivity contribution in [2.24, 2.45) is 0 Å². The Hall–Kier alpha value is -1.41. The molecule has 0 aliphatic carbocycles. The minimum absolute atomic E-state index is 0.424. The van der Waals surface area contributed by atoms with Gasteiger partial charge in [0, 0.05) is 13.3 Å². The van der Waals surface area contributed by atoms with Gasteiger partial charge >= 0.3 is 5.97 Å². The fourth-order valence-corrected chi connectivity index (χ4v) is 1.70. The second-order valence-electron chi connectivity index (χ2n) is 4.23. The van der Waals surface area contributed by atoms with Crippen LogP contribution in [-0.4, -0.2) is 11.6 Å². The summed E-state index contributed by atoms with van der Waals surface area (Å²) in [6.45, 7) is 3.51. The zero-order valence-corrected chi connectivity index (χ0v) is 10.9. The van der Waals surface area contributed by atoms with E-state index in [-0.39, 0.29) is 0 Å². The van der Waals surface area contributed by atoms with Crippen molar-refractivity contribution >= 4 is 5.97 Å². The highest BCUT2D eigenvalue weighted by atomic mass is 16.6. The first-order valence-corrected chi connectivity index (χ1v) is 6.25. The second-order valence-corrected chi connectivity index (χ2v) is 4.23. The molecule has 0 aliphatic heterocycles. The van der Waals surface area contributed by atoms with Crippen LogP contribution in [0.4, 0.5) is 0 Å². The molecule has 0 aromatic heterocycles. The van der Waals surface area contributed by atoms with Gasteiger partial charge in [0.2, 0.25) is 5.60 Å². The lowest BCUT2D eigenvalue weighted by Crippen LogP contribution is -2.30. The van der Waals surface area contributed by atoms with Crippen LogP contribution >= 0.6 is 0 Å². The summed E-state index contributed by atoms with van der Waals surface area (Å²) >= 11 is 0. The molecule has 0 heterocycles. The summed E-state index contributed by atoms with van der Waals surface area (Å²) < 4.78 is 5.05. The van der Waals surface area contributed by atoms with Crippen LogP contribution in [0.1, 0.15) is 58.8 Å². The van der Waals surface area contributed by atoms with Crippen LogP contribution in [0.15, 0.2) is 0 Å². The van der Waals surface area contributed by atoms with Crippen molar-refractivity contribution in [1.82, 2.24) is 0 Å². The third-order valence-electron chi connectivity index (χ3n) is 2.67. The molecule has 0 atom stereocenters. The Morgan fingerprint density at radius 2 is 1.65 bits per heavy atom. The lowest BCUT2D eigenvalue weighted by atomic mass is 9.97. The number of hydrogen-bond acceptors (Lipinski definition) is 2. The fourth-order valence-electron chi connectivity index (χ4n) is 1.70. The van der Waals surface area contributed by atoms with Crippen molar-refractivity contribution in [3.8, 4) is 24.7 Å². The molecule has 2 nitrogen and oxygen atoms in total. The van der Waals surface area contributed by atoms with Gasteiger partial charge in [0.25, 0.3) is 0 Å². The quantitative estimate of drug-likeness (QED) is 0.366. The van der Waals surface area contributed by atoms with Crippen LogP contribution in [-0.2, 0) is 9.53 Å². The Morgan fingerprint density at radius 3 is 2.12 bits per heavy atom. The van der Waals surface area contributed by atoms with E-state index < -0.39 is 11.6 Å². The van der Waals surface area contributed by atoms with E-state index in [2.05, 4.69) is 18.8 Å². The van der Waals surface area contributed by atoms with Crippen LogP contribution in [0.25, 0.3) is 0 Å². The molecule has 0 fully saturated rings. The maximum absolute atomic E-state index is 10.9. The number of rotatable bonds is 8. The van der Waals surface area contributed by atoms with Crippen molar-refractivity contribution in [2.75, 3.05) is 0 Å². The van der Waals surface area contributed by atoms with E-state index in [1.54, 1.807) is 0 Å². The molecule has 0 aliphatic rings. The van der Waals surface area contributed by atoms with Gasteiger partial charge in [-0.2, -0.15) is 0 Å². The van der Waals surface area contributed by atoms with E-state index in [1.807, 2.05) is 0 Å². The number of hydrogen-bond donors (Lipinski definition) is 0. The maximum atomic E-state index is 10.9. The number of carbonyl (C=O) groups excluding carboxylic acids is 1. The predicted octanol–water partition coefficient (Wildman–Crippen LogP) is 3.31. The number of esters is 1. The Kier molecular flexibility index (Phi) is 7.99. The highest BCUT2D eigenvalue weighted by Gasteiger charge is 2.27. The first-order chi connectivity index (χ1) is 8.10. The van der Waals surface area contributed by atoms with Crippen molar-refractivity contribution in [3.63, 3.8) is 0 Å². The molecular weight excluding hydrogens is 212 g/mol. The van der Waals surface area contributed by atoms with Gasteiger partial charge in [-0.25, -0.2) is 0 Å². The highest BCUT2D eigenvalue weighted by molar-refractivity contribution is 5.67. The molecule has 0 unspecified atom stereocenters. The molecule has 0 N–H and O–H groups in total. The van der Waals surface area contributed by atoms with E-state index in [4.69, 9.17) is 17.6 Å². The first kappa shape index (κ1) is 15.6. The lowest BCUT2D eigenvalue weighted by molar-refractivity contribution is -0.148. The van der Waals surface area contributed by atoms with Crippen LogP contribution < -0.4 is 0 Å². The van der Waals surface area contributed by atoms with Gasteiger partial charge in [-0.05, 0) is 18.3 Å². The standard InChI is InChI=1S/C15H22O2/c1-5-8-9-10-11-12-13-15(6-2,7-3)17-14(4)16/h2-3H,5,8-13H2,1,4H3. The highest BCUT2D eigenvalue weighted by Crippen LogP contribution is 2.19. The molecule has 0 rings (SSSR count). The van der Waals surface area contributed by atoms with Gasteiger partial charge in [0.1, 0.15) is 0 Å². The van der Waals surface area contributed by atoms with Crippen molar-refractivity contribution in [2.45, 2.75) is 64.4 Å². The zero-order chi connectivity index (χ0) is 13.1. The van der Waals surface area contributed by atoms with Gasteiger partial charge < -0.3 is 4.74 Å². The lowest BCUT2D eigenvalue weighted by Gasteiger charge is -2.21. The average molecular weight is 234 g/mol. The Labute approximate surface area is 105 Å². The van der Waals surface area contributed by atoms with E-state index in [1.165, 1.54) is 32.6 Å². The molecule has 0 amide bonds. The Morgan fingerprint density at radius 1 is 1.12 bits per heavy atom. The summed E-state index contributed by atoms with van der Waals surface area (Å²) in [6, 6.07) is 0. The van der Waals surface area contributed by atoms with Gasteiger partial charge in [0.05, 0.1) is 0 Å². The maximum Gasteiger partial charge on any atom is 0.304 e. The summed E-state index contributed by atoms with van der Waals surface area (Å²) in [5, 5.41) is 0. The molecule has 17 heavy (non-hydrogen) atoms. The molecule has 0 bridgehead atoms. The molecule has 0 saturated carbocycles. The topological polar surface area (TPSA) is 26.3 Å². The summed E-state index contributed by atoms with van der Waals surface area (Å²) in [4.78, 5) is 10.9. The number of carbonyl (C=O) groups is 1. The summed E-state index contributed by atoms with van der Waals surface area (Å²) in [5.41, 5.74) is -1.14. The SMILES string of the molecule is C#CC(C#C)(CCCCCCCC)OC(C)=O. The number of terminal acetylenes is 2. The van der Waals surface area contributed by atoms with Gasteiger partial charge in [-0.15, -0.1) is 12.8 Å². The zero-order valence-electron chi connectivity index (χ0n) is 10.9. The Balaban J connectivity index is 3.99. The van der Waals surface area contributed by atoms with Crippen LogP contribution in [0.2, 0.25) is 0 Å². The van der Waals surface area contributed by atoms with Crippen LogP contribution in [0, 0.1) is 24.7 Å². The van der Waals surface area contributed by atoms with Crippen LogP contribution in [0.3, 0.4) is 0 Å². The summed E-state index contributed by atoms with van der Waals surface area (Å²) in [7, 11) is 0. The van der Waals surface area contributed by atoms with Gasteiger partial charge in [0.15, 0.2) is 0 Å². The van der Waals surface area contributed by atoms with Gasteiger partial charge in [-0.3, -0.25) is 4.79 Å². The number of unbranched alkanes of at least 4 members (excludes halogenated alkanes) is 5. The van der Waals surface area contributed by atoms with E-state index in [9.17, 15) is 4.79 Å². The molecule has 0 saturated heterocycles. The van der Waals surface area contributed by atoms with E-state index >= 15 is 0 Å². The molecule has 0 spiro atoms. The third kappa shape index (κ3) is 6.69. The Bertz CT molecular complexity index is 290. The molecule has 0 radical (unpaired) electrons. The second kappa shape index (κ2) is 8.71. The average Bonchev–Trinajstić information content (AvgIpc) is 2.31. The molecular formula is C15H22O2. The molecule has 2 heteroatoms. The minimum atomic E-state index is -1.14.